The van der Waals surface area contributed by atoms with Crippen LogP contribution in [0.4, 0.5) is 5.69 Å². The summed E-state index contributed by atoms with van der Waals surface area (Å²) in [5, 5.41) is 9.19. The van der Waals surface area contributed by atoms with Gasteiger partial charge in [0, 0.05) is 18.8 Å². The lowest BCUT2D eigenvalue weighted by atomic mass is 10.2. The monoisotopic (exact) mass is 312 g/mol. The van der Waals surface area contributed by atoms with Crippen molar-refractivity contribution in [2.75, 3.05) is 18.8 Å². The van der Waals surface area contributed by atoms with Crippen molar-refractivity contribution in [1.29, 1.82) is 0 Å². The van der Waals surface area contributed by atoms with Gasteiger partial charge in [0.15, 0.2) is 0 Å². The topological polar surface area (TPSA) is 110 Å². The Labute approximate surface area is 122 Å². The Balaban J connectivity index is 2.02. The zero-order valence-corrected chi connectivity index (χ0v) is 12.0. The van der Waals surface area contributed by atoms with Gasteiger partial charge in [-0.2, -0.15) is 4.31 Å². The maximum absolute atomic E-state index is 12.7. The lowest BCUT2D eigenvalue weighted by molar-refractivity contribution is -0.0114. The van der Waals surface area contributed by atoms with E-state index >= 15 is 0 Å². The van der Waals surface area contributed by atoms with Crippen LogP contribution in [0.5, 0.6) is 0 Å². The van der Waals surface area contributed by atoms with Gasteiger partial charge >= 0.3 is 5.97 Å². The average Bonchev–Trinajstić information content (AvgIpc) is 2.76. The Bertz CT molecular complexity index is 676. The highest BCUT2D eigenvalue weighted by atomic mass is 32.2. The molecule has 3 N–H and O–H groups in total. The third kappa shape index (κ3) is 2.50. The molecule has 8 heteroatoms. The molecule has 114 valence electrons. The van der Waals surface area contributed by atoms with E-state index in [1.807, 2.05) is 0 Å². The molecule has 2 aliphatic heterocycles. The van der Waals surface area contributed by atoms with E-state index in [-0.39, 0.29) is 41.4 Å². The number of hydrogen-bond acceptors (Lipinski definition) is 5. The molecule has 0 saturated carbocycles. The third-order valence-corrected chi connectivity index (χ3v) is 5.74. The van der Waals surface area contributed by atoms with Crippen molar-refractivity contribution in [3.05, 3.63) is 23.8 Å². The van der Waals surface area contributed by atoms with Crippen LogP contribution in [0.3, 0.4) is 0 Å². The molecule has 0 amide bonds. The Kier molecular flexibility index (Phi) is 3.39. The van der Waals surface area contributed by atoms with E-state index in [2.05, 4.69) is 0 Å². The Morgan fingerprint density at radius 2 is 1.90 bits per heavy atom. The van der Waals surface area contributed by atoms with Crippen molar-refractivity contribution in [2.24, 2.45) is 0 Å². The van der Waals surface area contributed by atoms with Crippen LogP contribution in [0.15, 0.2) is 23.1 Å². The minimum atomic E-state index is -3.89. The van der Waals surface area contributed by atoms with Crippen molar-refractivity contribution < 1.29 is 23.1 Å². The lowest BCUT2D eigenvalue weighted by Gasteiger charge is -2.31. The fraction of sp³-hybridized carbons (Fsp3) is 0.462. The molecule has 3 rings (SSSR count). The molecule has 2 atom stereocenters. The first kappa shape index (κ1) is 14.3. The van der Waals surface area contributed by atoms with E-state index in [4.69, 9.17) is 10.5 Å². The van der Waals surface area contributed by atoms with Crippen LogP contribution < -0.4 is 5.73 Å². The molecule has 0 radical (unpaired) electrons. The smallest absolute Gasteiger partial charge is 0.337 e. The summed E-state index contributed by atoms with van der Waals surface area (Å²) in [6, 6.07) is 3.81. The number of carboxylic acid groups (broad SMARTS) is 1. The summed E-state index contributed by atoms with van der Waals surface area (Å²) < 4.78 is 32.4. The molecule has 2 aliphatic rings. The highest BCUT2D eigenvalue weighted by Crippen LogP contribution is 2.31. The number of fused-ring (bicyclic) bond motifs is 2. The van der Waals surface area contributed by atoms with Gasteiger partial charge in [-0.1, -0.05) is 0 Å². The number of sulfonamides is 1. The number of nitrogen functional groups attached to an aromatic ring is 1. The zero-order valence-electron chi connectivity index (χ0n) is 11.2. The van der Waals surface area contributed by atoms with Crippen LogP contribution in [-0.2, 0) is 14.8 Å². The summed E-state index contributed by atoms with van der Waals surface area (Å²) in [5.74, 6) is -1.29. The van der Waals surface area contributed by atoms with Crippen molar-refractivity contribution >= 4 is 21.7 Å². The molecule has 21 heavy (non-hydrogen) atoms. The number of anilines is 1. The molecule has 0 aliphatic carbocycles. The first-order valence-electron chi connectivity index (χ1n) is 6.66. The van der Waals surface area contributed by atoms with Gasteiger partial charge < -0.3 is 15.6 Å². The SMILES string of the molecule is Nc1ccc(C(=O)O)c(S(=O)(=O)N2CC3CCC(C2)O3)c1. The highest BCUT2D eigenvalue weighted by molar-refractivity contribution is 7.89. The van der Waals surface area contributed by atoms with Gasteiger partial charge in [0.05, 0.1) is 22.7 Å². The van der Waals surface area contributed by atoms with Gasteiger partial charge in [0.25, 0.3) is 0 Å². The predicted octanol–water partition coefficient (Wildman–Crippen LogP) is 0.519. The molecule has 2 saturated heterocycles. The molecule has 2 unspecified atom stereocenters. The predicted molar refractivity (Wildman–Crippen MR) is 74.5 cm³/mol. The fourth-order valence-electron chi connectivity index (χ4n) is 2.84. The van der Waals surface area contributed by atoms with Crippen molar-refractivity contribution in [2.45, 2.75) is 29.9 Å². The molecular weight excluding hydrogens is 296 g/mol. The number of rotatable bonds is 3. The van der Waals surface area contributed by atoms with Gasteiger partial charge in [-0.05, 0) is 31.0 Å². The average molecular weight is 312 g/mol. The van der Waals surface area contributed by atoms with Crippen LogP contribution in [0.25, 0.3) is 0 Å². The largest absolute Gasteiger partial charge is 0.478 e. The number of carbonyl (C=O) groups is 1. The third-order valence-electron chi connectivity index (χ3n) is 3.86. The fourth-order valence-corrected chi connectivity index (χ4v) is 4.56. The number of hydrogen-bond donors (Lipinski definition) is 2. The van der Waals surface area contributed by atoms with Gasteiger partial charge in [0.2, 0.25) is 10.0 Å². The van der Waals surface area contributed by atoms with Crippen molar-refractivity contribution in [3.8, 4) is 0 Å². The summed E-state index contributed by atoms with van der Waals surface area (Å²) >= 11 is 0. The molecule has 0 aromatic heterocycles. The summed E-state index contributed by atoms with van der Waals surface area (Å²) in [7, 11) is -3.89. The number of aromatic carboxylic acids is 1. The molecule has 2 heterocycles. The summed E-state index contributed by atoms with van der Waals surface area (Å²) in [4.78, 5) is 11.0. The molecule has 0 spiro atoms. The van der Waals surface area contributed by atoms with Crippen LogP contribution >= 0.6 is 0 Å². The van der Waals surface area contributed by atoms with Crippen molar-refractivity contribution in [3.63, 3.8) is 0 Å². The van der Waals surface area contributed by atoms with Gasteiger partial charge in [0.1, 0.15) is 0 Å². The summed E-state index contributed by atoms with van der Waals surface area (Å²) in [6.45, 7) is 0.513. The second kappa shape index (κ2) is 4.97. The van der Waals surface area contributed by atoms with Crippen LogP contribution in [0.1, 0.15) is 23.2 Å². The summed E-state index contributed by atoms with van der Waals surface area (Å²) in [5.41, 5.74) is 5.58. The van der Waals surface area contributed by atoms with E-state index in [1.165, 1.54) is 22.5 Å². The van der Waals surface area contributed by atoms with Crippen molar-refractivity contribution in [1.82, 2.24) is 4.31 Å². The lowest BCUT2D eigenvalue weighted by Crippen LogP contribution is -2.46. The van der Waals surface area contributed by atoms with Crippen LogP contribution in [-0.4, -0.2) is 49.1 Å². The zero-order chi connectivity index (χ0) is 15.2. The Hall–Kier alpha value is -1.64. The molecule has 1 aromatic carbocycles. The van der Waals surface area contributed by atoms with E-state index in [1.54, 1.807) is 0 Å². The minimum absolute atomic E-state index is 0.104. The second-order valence-electron chi connectivity index (χ2n) is 5.34. The number of morpholine rings is 1. The molecule has 2 fully saturated rings. The molecule has 1 aromatic rings. The van der Waals surface area contributed by atoms with E-state index < -0.39 is 16.0 Å². The first-order chi connectivity index (χ1) is 9.88. The molecular formula is C13H16N2O5S. The molecule has 7 nitrogen and oxygen atoms in total. The molecule has 2 bridgehead atoms. The van der Waals surface area contributed by atoms with Gasteiger partial charge in [-0.3, -0.25) is 0 Å². The van der Waals surface area contributed by atoms with Gasteiger partial charge in [-0.25, -0.2) is 13.2 Å². The van der Waals surface area contributed by atoms with E-state index in [0.717, 1.165) is 12.8 Å². The quantitative estimate of drug-likeness (QED) is 0.787. The Morgan fingerprint density at radius 3 is 2.48 bits per heavy atom. The normalized spacial score (nSPS) is 25.9. The summed E-state index contributed by atoms with van der Waals surface area (Å²) in [6.07, 6.45) is 1.46. The van der Waals surface area contributed by atoms with E-state index in [0.29, 0.717) is 0 Å². The number of carboxylic acids is 1. The first-order valence-corrected chi connectivity index (χ1v) is 8.10. The number of benzene rings is 1. The van der Waals surface area contributed by atoms with Gasteiger partial charge in [-0.15, -0.1) is 0 Å². The van der Waals surface area contributed by atoms with E-state index in [9.17, 15) is 18.3 Å². The maximum atomic E-state index is 12.7. The Morgan fingerprint density at radius 1 is 1.29 bits per heavy atom. The second-order valence-corrected chi connectivity index (χ2v) is 7.25. The number of nitrogens with two attached hydrogens (primary N) is 1. The van der Waals surface area contributed by atoms with Crippen LogP contribution in [0.2, 0.25) is 0 Å². The van der Waals surface area contributed by atoms with Crippen LogP contribution in [0, 0.1) is 0 Å². The number of nitrogens with zero attached hydrogens (tertiary/aromatic N) is 1. The standard InChI is InChI=1S/C13H16N2O5S/c14-8-1-4-11(13(16)17)12(5-8)21(18,19)15-6-9-2-3-10(7-15)20-9/h1,4-5,9-10H,2-3,6-7,14H2,(H,16,17). The maximum Gasteiger partial charge on any atom is 0.337 e. The number of ether oxygens (including phenoxy) is 1. The highest BCUT2D eigenvalue weighted by Gasteiger charge is 2.40. The minimum Gasteiger partial charge on any atom is -0.478 e.